The van der Waals surface area contributed by atoms with Crippen LogP contribution in [0.3, 0.4) is 0 Å². The van der Waals surface area contributed by atoms with E-state index in [2.05, 4.69) is 65.8 Å². The van der Waals surface area contributed by atoms with Gasteiger partial charge in [0.1, 0.15) is 0 Å². The lowest BCUT2D eigenvalue weighted by Crippen LogP contribution is -1.84. The van der Waals surface area contributed by atoms with E-state index in [1.54, 1.807) is 0 Å². The lowest BCUT2D eigenvalue weighted by atomic mass is 10.0. The summed E-state index contributed by atoms with van der Waals surface area (Å²) in [6.07, 6.45) is 20.5. The van der Waals surface area contributed by atoms with Gasteiger partial charge < -0.3 is 5.11 Å². The van der Waals surface area contributed by atoms with Gasteiger partial charge in [0, 0.05) is 0 Å². The Hall–Kier alpha value is -1.34. The Morgan fingerprint density at radius 1 is 0.500 bits per heavy atom. The first-order valence-electron chi connectivity index (χ1n) is 10.2. The standard InChI is InChI=1S/C25H42O/c1-21(2)11-9-14-23(4)16-10-15-22(3)12-7-8-13-24(5)17-18-25(6)19-20-26/h11-13,16,19,26H,7-10,14-15,17-18,20H2,1-6H3/b22-12+,23-16+,24-13-,25-19-. The molecule has 0 fully saturated rings. The second kappa shape index (κ2) is 15.9. The average molecular weight is 359 g/mol. The Kier molecular flexibility index (Phi) is 15.1. The maximum absolute atomic E-state index is 8.87. The van der Waals surface area contributed by atoms with Crippen molar-refractivity contribution >= 4 is 0 Å². The molecule has 0 amide bonds. The van der Waals surface area contributed by atoms with Crippen LogP contribution in [0.5, 0.6) is 0 Å². The summed E-state index contributed by atoms with van der Waals surface area (Å²) in [4.78, 5) is 0. The van der Waals surface area contributed by atoms with Gasteiger partial charge in [-0.25, -0.2) is 0 Å². The van der Waals surface area contributed by atoms with E-state index in [9.17, 15) is 0 Å². The van der Waals surface area contributed by atoms with Gasteiger partial charge >= 0.3 is 0 Å². The molecule has 148 valence electrons. The normalized spacial score (nSPS) is 14.0. The van der Waals surface area contributed by atoms with Gasteiger partial charge in [0.2, 0.25) is 0 Å². The summed E-state index contributed by atoms with van der Waals surface area (Å²) in [5.41, 5.74) is 7.17. The molecule has 0 aromatic rings. The number of rotatable bonds is 13. The van der Waals surface area contributed by atoms with Crippen molar-refractivity contribution in [1.29, 1.82) is 0 Å². The topological polar surface area (TPSA) is 20.2 Å². The third kappa shape index (κ3) is 16.1. The Morgan fingerprint density at radius 2 is 0.885 bits per heavy atom. The summed E-state index contributed by atoms with van der Waals surface area (Å²) < 4.78 is 0. The molecule has 0 aliphatic heterocycles. The largest absolute Gasteiger partial charge is 0.392 e. The van der Waals surface area contributed by atoms with E-state index in [1.807, 2.05) is 6.08 Å². The van der Waals surface area contributed by atoms with Crippen LogP contribution in [0, 0.1) is 0 Å². The molecule has 26 heavy (non-hydrogen) atoms. The van der Waals surface area contributed by atoms with E-state index in [4.69, 9.17) is 5.11 Å². The zero-order valence-electron chi connectivity index (χ0n) is 18.2. The van der Waals surface area contributed by atoms with Crippen molar-refractivity contribution in [3.63, 3.8) is 0 Å². The first-order chi connectivity index (χ1) is 12.3. The molecular formula is C25H42O. The number of allylic oxidation sites excluding steroid dienone is 9. The molecule has 0 aliphatic carbocycles. The van der Waals surface area contributed by atoms with Crippen LogP contribution in [-0.2, 0) is 0 Å². The van der Waals surface area contributed by atoms with Gasteiger partial charge in [0.25, 0.3) is 0 Å². The predicted molar refractivity (Wildman–Crippen MR) is 118 cm³/mol. The molecule has 0 aromatic carbocycles. The number of aliphatic hydroxyl groups is 1. The molecule has 1 nitrogen and oxygen atoms in total. The highest BCUT2D eigenvalue weighted by molar-refractivity contribution is 5.08. The number of unbranched alkanes of at least 4 members (excludes halogenated alkanes) is 1. The highest BCUT2D eigenvalue weighted by Crippen LogP contribution is 2.14. The first-order valence-corrected chi connectivity index (χ1v) is 10.2. The molecule has 1 N–H and O–H groups in total. The molecule has 1 heteroatoms. The van der Waals surface area contributed by atoms with E-state index < -0.39 is 0 Å². The molecule has 0 heterocycles. The van der Waals surface area contributed by atoms with Gasteiger partial charge in [-0.05, 0) is 92.9 Å². The molecule has 0 saturated heterocycles. The smallest absolute Gasteiger partial charge is 0.0614 e. The molecule has 0 rings (SSSR count). The molecule has 0 atom stereocenters. The highest BCUT2D eigenvalue weighted by Gasteiger charge is 1.94. The SMILES string of the molecule is CC(C)=CCC/C(C)=C/CC/C(C)=C/CC/C=C(/C)CC/C(C)=C\CO. The van der Waals surface area contributed by atoms with Gasteiger partial charge in [-0.2, -0.15) is 0 Å². The van der Waals surface area contributed by atoms with Crippen LogP contribution in [0.2, 0.25) is 0 Å². The van der Waals surface area contributed by atoms with Crippen molar-refractivity contribution < 1.29 is 5.11 Å². The number of hydrogen-bond acceptors (Lipinski definition) is 1. The molecule has 0 aromatic heterocycles. The zero-order valence-corrected chi connectivity index (χ0v) is 18.2. The maximum atomic E-state index is 8.87. The third-order valence-corrected chi connectivity index (χ3v) is 4.63. The van der Waals surface area contributed by atoms with Gasteiger partial charge in [-0.1, -0.05) is 58.2 Å². The van der Waals surface area contributed by atoms with E-state index in [1.165, 1.54) is 47.1 Å². The van der Waals surface area contributed by atoms with E-state index in [0.29, 0.717) is 0 Å². The van der Waals surface area contributed by atoms with E-state index in [-0.39, 0.29) is 6.61 Å². The minimum absolute atomic E-state index is 0.156. The van der Waals surface area contributed by atoms with Crippen LogP contribution >= 0.6 is 0 Å². The van der Waals surface area contributed by atoms with Crippen LogP contribution in [0.25, 0.3) is 0 Å². The Bertz CT molecular complexity index is 522. The highest BCUT2D eigenvalue weighted by atomic mass is 16.2. The van der Waals surface area contributed by atoms with Crippen molar-refractivity contribution in [3.05, 3.63) is 58.2 Å². The summed E-state index contributed by atoms with van der Waals surface area (Å²) in [6, 6.07) is 0. The first kappa shape index (κ1) is 24.7. The van der Waals surface area contributed by atoms with Crippen molar-refractivity contribution in [2.45, 2.75) is 92.9 Å². The lowest BCUT2D eigenvalue weighted by molar-refractivity contribution is 0.341. The maximum Gasteiger partial charge on any atom is 0.0614 e. The minimum Gasteiger partial charge on any atom is -0.392 e. The number of hydrogen-bond donors (Lipinski definition) is 1. The molecule has 0 spiro atoms. The third-order valence-electron chi connectivity index (χ3n) is 4.63. The summed E-state index contributed by atoms with van der Waals surface area (Å²) >= 11 is 0. The van der Waals surface area contributed by atoms with Crippen molar-refractivity contribution in [2.75, 3.05) is 6.61 Å². The van der Waals surface area contributed by atoms with Crippen molar-refractivity contribution in [1.82, 2.24) is 0 Å². The molecule has 0 bridgehead atoms. The fourth-order valence-electron chi connectivity index (χ4n) is 2.75. The Morgan fingerprint density at radius 3 is 1.35 bits per heavy atom. The van der Waals surface area contributed by atoms with Crippen LogP contribution in [0.4, 0.5) is 0 Å². The second-order valence-corrected chi connectivity index (χ2v) is 7.82. The van der Waals surface area contributed by atoms with Gasteiger partial charge in [0.15, 0.2) is 0 Å². The summed E-state index contributed by atoms with van der Waals surface area (Å²) in [5.74, 6) is 0. The summed E-state index contributed by atoms with van der Waals surface area (Å²) in [7, 11) is 0. The van der Waals surface area contributed by atoms with Crippen LogP contribution in [0.1, 0.15) is 92.9 Å². The average Bonchev–Trinajstić information content (AvgIpc) is 2.57. The molecule has 0 aliphatic rings. The second-order valence-electron chi connectivity index (χ2n) is 7.82. The molecule has 0 unspecified atom stereocenters. The monoisotopic (exact) mass is 358 g/mol. The fourth-order valence-corrected chi connectivity index (χ4v) is 2.75. The van der Waals surface area contributed by atoms with Crippen LogP contribution < -0.4 is 0 Å². The van der Waals surface area contributed by atoms with E-state index in [0.717, 1.165) is 32.1 Å². The fraction of sp³-hybridized carbons (Fsp3) is 0.600. The predicted octanol–water partition coefficient (Wildman–Crippen LogP) is 7.85. The van der Waals surface area contributed by atoms with Crippen LogP contribution in [-0.4, -0.2) is 11.7 Å². The Labute approximate surface area is 163 Å². The van der Waals surface area contributed by atoms with Gasteiger partial charge in [-0.15, -0.1) is 0 Å². The Balaban J connectivity index is 4.01. The molecule has 0 radical (unpaired) electrons. The van der Waals surface area contributed by atoms with Crippen LogP contribution in [0.15, 0.2) is 58.2 Å². The van der Waals surface area contributed by atoms with Crippen molar-refractivity contribution in [3.8, 4) is 0 Å². The van der Waals surface area contributed by atoms with Gasteiger partial charge in [-0.3, -0.25) is 0 Å². The van der Waals surface area contributed by atoms with Crippen molar-refractivity contribution in [2.24, 2.45) is 0 Å². The van der Waals surface area contributed by atoms with Gasteiger partial charge in [0.05, 0.1) is 6.61 Å². The van der Waals surface area contributed by atoms with E-state index >= 15 is 0 Å². The summed E-state index contributed by atoms with van der Waals surface area (Å²) in [5, 5.41) is 8.87. The summed E-state index contributed by atoms with van der Waals surface area (Å²) in [6.45, 7) is 13.3. The molecular weight excluding hydrogens is 316 g/mol. The zero-order chi connectivity index (χ0) is 19.8. The quantitative estimate of drug-likeness (QED) is 0.262. The number of aliphatic hydroxyl groups excluding tert-OH is 1. The minimum atomic E-state index is 0.156. The molecule has 0 saturated carbocycles. The lowest BCUT2D eigenvalue weighted by Gasteiger charge is -2.03.